The molecule has 0 bridgehead atoms. The molecule has 3 nitrogen and oxygen atoms in total. The number of benzene rings is 1. The Morgan fingerprint density at radius 2 is 2.35 bits per heavy atom. The number of ether oxygens (including phenoxy) is 1. The highest BCUT2D eigenvalue weighted by molar-refractivity contribution is 5.29. The summed E-state index contributed by atoms with van der Waals surface area (Å²) in [7, 11) is 3.78. The summed E-state index contributed by atoms with van der Waals surface area (Å²) < 4.78 is 5.17. The maximum Gasteiger partial charge on any atom is 0.119 e. The molecule has 1 aliphatic heterocycles. The number of hydrogen-bond acceptors (Lipinski definition) is 3. The molecule has 0 unspecified atom stereocenters. The number of methoxy groups -OCH3 is 1. The molecule has 1 heterocycles. The molecule has 1 aromatic rings. The van der Waals surface area contributed by atoms with Crippen molar-refractivity contribution in [3.05, 3.63) is 29.8 Å². The van der Waals surface area contributed by atoms with Crippen LogP contribution in [0.4, 0.5) is 0 Å². The molecule has 0 amide bonds. The number of nitrogens with zero attached hydrogens (tertiary/aromatic N) is 1. The standard InChI is InChI=1S/C14H21NO2/c1-15-8-4-6-12(15)10-14(16)11-5-3-7-13(9-11)17-2/h3,5,7,9,12,14,16H,4,6,8,10H2,1-2H3/t12-,14+/m1/s1. The molecule has 0 aromatic heterocycles. The Labute approximate surface area is 103 Å². The second kappa shape index (κ2) is 5.52. The van der Waals surface area contributed by atoms with Gasteiger partial charge in [-0.3, -0.25) is 0 Å². The maximum absolute atomic E-state index is 10.2. The summed E-state index contributed by atoms with van der Waals surface area (Å²) in [6.07, 6.45) is 2.85. The second-order valence-corrected chi connectivity index (χ2v) is 4.80. The van der Waals surface area contributed by atoms with E-state index in [1.807, 2.05) is 24.3 Å². The van der Waals surface area contributed by atoms with E-state index in [-0.39, 0.29) is 0 Å². The van der Waals surface area contributed by atoms with Crippen LogP contribution in [-0.2, 0) is 0 Å². The van der Waals surface area contributed by atoms with Crippen molar-refractivity contribution in [2.45, 2.75) is 31.4 Å². The summed E-state index contributed by atoms with van der Waals surface area (Å²) >= 11 is 0. The van der Waals surface area contributed by atoms with E-state index in [1.165, 1.54) is 12.8 Å². The third-order valence-electron chi connectivity index (χ3n) is 3.65. The van der Waals surface area contributed by atoms with Crippen molar-refractivity contribution in [3.63, 3.8) is 0 Å². The zero-order valence-electron chi connectivity index (χ0n) is 10.6. The lowest BCUT2D eigenvalue weighted by atomic mass is 10.0. The largest absolute Gasteiger partial charge is 0.497 e. The molecule has 2 atom stereocenters. The quantitative estimate of drug-likeness (QED) is 0.868. The molecule has 1 aromatic carbocycles. The van der Waals surface area contributed by atoms with Crippen LogP contribution in [0.5, 0.6) is 5.75 Å². The van der Waals surface area contributed by atoms with Gasteiger partial charge in [0.25, 0.3) is 0 Å². The Morgan fingerprint density at radius 3 is 3.00 bits per heavy atom. The lowest BCUT2D eigenvalue weighted by Crippen LogP contribution is -2.26. The molecule has 2 rings (SSSR count). The lowest BCUT2D eigenvalue weighted by Gasteiger charge is -2.22. The van der Waals surface area contributed by atoms with Crippen LogP contribution in [0, 0.1) is 0 Å². The highest BCUT2D eigenvalue weighted by Gasteiger charge is 2.24. The number of hydrogen-bond donors (Lipinski definition) is 1. The van der Waals surface area contributed by atoms with E-state index >= 15 is 0 Å². The van der Waals surface area contributed by atoms with Gasteiger partial charge >= 0.3 is 0 Å². The van der Waals surface area contributed by atoms with Gasteiger partial charge in [0.1, 0.15) is 5.75 Å². The first-order valence-electron chi connectivity index (χ1n) is 6.23. The van der Waals surface area contributed by atoms with Crippen LogP contribution in [0.3, 0.4) is 0 Å². The first-order chi connectivity index (χ1) is 8.20. The Morgan fingerprint density at radius 1 is 1.53 bits per heavy atom. The van der Waals surface area contributed by atoms with E-state index in [0.717, 1.165) is 24.3 Å². The molecular formula is C14H21NO2. The van der Waals surface area contributed by atoms with Gasteiger partial charge in [-0.25, -0.2) is 0 Å². The molecular weight excluding hydrogens is 214 g/mol. The fourth-order valence-electron chi connectivity index (χ4n) is 2.52. The molecule has 3 heteroatoms. The van der Waals surface area contributed by atoms with Crippen LogP contribution >= 0.6 is 0 Å². The Balaban J connectivity index is 2.00. The van der Waals surface area contributed by atoms with E-state index in [4.69, 9.17) is 4.74 Å². The third kappa shape index (κ3) is 2.99. The second-order valence-electron chi connectivity index (χ2n) is 4.80. The molecule has 0 saturated carbocycles. The minimum Gasteiger partial charge on any atom is -0.497 e. The number of rotatable bonds is 4. The average Bonchev–Trinajstić information content (AvgIpc) is 2.75. The molecule has 1 saturated heterocycles. The summed E-state index contributed by atoms with van der Waals surface area (Å²) in [6, 6.07) is 8.21. The lowest BCUT2D eigenvalue weighted by molar-refractivity contribution is 0.130. The van der Waals surface area contributed by atoms with Crippen LogP contribution in [0.25, 0.3) is 0 Å². The van der Waals surface area contributed by atoms with Crippen molar-refractivity contribution in [2.75, 3.05) is 20.7 Å². The van der Waals surface area contributed by atoms with Gasteiger partial charge in [0.15, 0.2) is 0 Å². The number of aliphatic hydroxyl groups excluding tert-OH is 1. The molecule has 17 heavy (non-hydrogen) atoms. The van der Waals surface area contributed by atoms with Gasteiger partial charge in [0, 0.05) is 6.04 Å². The topological polar surface area (TPSA) is 32.7 Å². The fourth-order valence-corrected chi connectivity index (χ4v) is 2.52. The van der Waals surface area contributed by atoms with E-state index in [2.05, 4.69) is 11.9 Å². The summed E-state index contributed by atoms with van der Waals surface area (Å²) in [4.78, 5) is 2.34. The van der Waals surface area contributed by atoms with Crippen LogP contribution in [0.15, 0.2) is 24.3 Å². The summed E-state index contributed by atoms with van der Waals surface area (Å²) in [6.45, 7) is 1.15. The molecule has 0 aliphatic carbocycles. The summed E-state index contributed by atoms with van der Waals surface area (Å²) in [5.74, 6) is 0.807. The zero-order valence-corrected chi connectivity index (χ0v) is 10.6. The average molecular weight is 235 g/mol. The van der Waals surface area contributed by atoms with Gasteiger partial charge in [0.05, 0.1) is 13.2 Å². The fraction of sp³-hybridized carbons (Fsp3) is 0.571. The smallest absolute Gasteiger partial charge is 0.119 e. The number of likely N-dealkylation sites (tertiary alicyclic amines) is 1. The van der Waals surface area contributed by atoms with E-state index in [1.54, 1.807) is 7.11 Å². The Kier molecular flexibility index (Phi) is 4.02. The van der Waals surface area contributed by atoms with E-state index in [0.29, 0.717) is 6.04 Å². The Hall–Kier alpha value is -1.06. The van der Waals surface area contributed by atoms with E-state index < -0.39 is 6.10 Å². The summed E-state index contributed by atoms with van der Waals surface area (Å²) in [5.41, 5.74) is 0.949. The van der Waals surface area contributed by atoms with Crippen LogP contribution in [0.2, 0.25) is 0 Å². The van der Waals surface area contributed by atoms with Gasteiger partial charge in [-0.05, 0) is 50.6 Å². The minimum absolute atomic E-state index is 0.393. The SMILES string of the molecule is COc1cccc([C@@H](O)C[C@H]2CCCN2C)c1. The van der Waals surface area contributed by atoms with Crippen LogP contribution < -0.4 is 4.74 Å². The van der Waals surface area contributed by atoms with Crippen molar-refractivity contribution in [1.29, 1.82) is 0 Å². The molecule has 1 N–H and O–H groups in total. The van der Waals surface area contributed by atoms with Crippen molar-refractivity contribution < 1.29 is 9.84 Å². The molecule has 1 aliphatic rings. The monoisotopic (exact) mass is 235 g/mol. The van der Waals surface area contributed by atoms with Crippen molar-refractivity contribution >= 4 is 0 Å². The van der Waals surface area contributed by atoms with Gasteiger partial charge < -0.3 is 14.7 Å². The van der Waals surface area contributed by atoms with Crippen molar-refractivity contribution in [2.24, 2.45) is 0 Å². The zero-order chi connectivity index (χ0) is 12.3. The highest BCUT2D eigenvalue weighted by atomic mass is 16.5. The third-order valence-corrected chi connectivity index (χ3v) is 3.65. The molecule has 0 spiro atoms. The molecule has 0 radical (unpaired) electrons. The van der Waals surface area contributed by atoms with Crippen molar-refractivity contribution in [3.8, 4) is 5.75 Å². The van der Waals surface area contributed by atoms with Crippen LogP contribution in [0.1, 0.15) is 30.9 Å². The first-order valence-corrected chi connectivity index (χ1v) is 6.23. The van der Waals surface area contributed by atoms with Gasteiger partial charge in [0.2, 0.25) is 0 Å². The van der Waals surface area contributed by atoms with Gasteiger partial charge in [-0.1, -0.05) is 12.1 Å². The molecule has 94 valence electrons. The van der Waals surface area contributed by atoms with E-state index in [9.17, 15) is 5.11 Å². The normalized spacial score (nSPS) is 22.6. The Bertz CT molecular complexity index is 367. The van der Waals surface area contributed by atoms with Crippen LogP contribution in [-0.4, -0.2) is 36.8 Å². The minimum atomic E-state index is -0.393. The highest BCUT2D eigenvalue weighted by Crippen LogP contribution is 2.27. The van der Waals surface area contributed by atoms with Gasteiger partial charge in [-0.2, -0.15) is 0 Å². The van der Waals surface area contributed by atoms with Gasteiger partial charge in [-0.15, -0.1) is 0 Å². The molecule has 1 fully saturated rings. The predicted octanol–water partition coefficient (Wildman–Crippen LogP) is 2.21. The maximum atomic E-state index is 10.2. The predicted molar refractivity (Wildman–Crippen MR) is 68.2 cm³/mol. The van der Waals surface area contributed by atoms with Crippen molar-refractivity contribution in [1.82, 2.24) is 4.90 Å². The number of aliphatic hydroxyl groups is 1. The summed E-state index contributed by atoms with van der Waals surface area (Å²) in [5, 5.41) is 10.2. The first kappa shape index (κ1) is 12.4.